The van der Waals surface area contributed by atoms with Gasteiger partial charge in [0.15, 0.2) is 0 Å². The summed E-state index contributed by atoms with van der Waals surface area (Å²) < 4.78 is 0. The van der Waals surface area contributed by atoms with Crippen LogP contribution in [0.1, 0.15) is 16.8 Å². The van der Waals surface area contributed by atoms with E-state index in [9.17, 15) is 14.4 Å². The van der Waals surface area contributed by atoms with E-state index >= 15 is 0 Å². The first-order valence-corrected chi connectivity index (χ1v) is 5.02. The van der Waals surface area contributed by atoms with Gasteiger partial charge in [-0.2, -0.15) is 0 Å². The Balaban J connectivity index is 2.82. The number of carbonyl (C=O) groups excluding carboxylic acids is 1. The second-order valence-corrected chi connectivity index (χ2v) is 3.54. The number of hydrogen-bond acceptors (Lipinski definition) is 4. The highest BCUT2D eigenvalue weighted by Gasteiger charge is 2.19. The molecular weight excluding hydrogens is 240 g/mol. The molecule has 0 heterocycles. The minimum Gasteiger partial charge on any atom is -0.481 e. The number of carboxylic acids is 2. The summed E-state index contributed by atoms with van der Waals surface area (Å²) in [6, 6.07) is 4.54. The van der Waals surface area contributed by atoms with Gasteiger partial charge in [0.1, 0.15) is 0 Å². The largest absolute Gasteiger partial charge is 0.481 e. The van der Waals surface area contributed by atoms with Crippen LogP contribution in [0.2, 0.25) is 0 Å². The molecule has 96 valence electrons. The fraction of sp³-hybridized carbons (Fsp3) is 0.182. The molecule has 0 saturated heterocycles. The van der Waals surface area contributed by atoms with Gasteiger partial charge in [-0.05, 0) is 12.1 Å². The summed E-state index contributed by atoms with van der Waals surface area (Å²) in [5, 5.41) is 19.7. The molecule has 0 bridgehead atoms. The van der Waals surface area contributed by atoms with Crippen molar-refractivity contribution in [2.75, 3.05) is 5.32 Å². The third-order valence-corrected chi connectivity index (χ3v) is 2.15. The number of aliphatic carboxylic acids is 1. The first kappa shape index (κ1) is 13.7. The Bertz CT molecular complexity index is 486. The monoisotopic (exact) mass is 252 g/mol. The van der Waals surface area contributed by atoms with Gasteiger partial charge in [0.25, 0.3) is 0 Å². The third kappa shape index (κ3) is 3.56. The standard InChI is InChI=1S/C11H12N2O5/c12-7(5-9(14)15)10(16)13-8-4-2-1-3-6(8)11(17)18/h1-4,7H,5,12H2,(H,13,16)(H,14,15)(H,17,18). The van der Waals surface area contributed by atoms with Gasteiger partial charge in [-0.3, -0.25) is 9.59 Å². The first-order chi connectivity index (χ1) is 8.41. The van der Waals surface area contributed by atoms with Crippen LogP contribution in [0.15, 0.2) is 24.3 Å². The van der Waals surface area contributed by atoms with Gasteiger partial charge < -0.3 is 21.3 Å². The predicted molar refractivity (Wildman–Crippen MR) is 62.3 cm³/mol. The maximum atomic E-state index is 11.5. The topological polar surface area (TPSA) is 130 Å². The van der Waals surface area contributed by atoms with Crippen LogP contribution in [0.4, 0.5) is 5.69 Å². The van der Waals surface area contributed by atoms with Crippen molar-refractivity contribution in [2.45, 2.75) is 12.5 Å². The second-order valence-electron chi connectivity index (χ2n) is 3.54. The van der Waals surface area contributed by atoms with Crippen molar-refractivity contribution in [1.29, 1.82) is 0 Å². The van der Waals surface area contributed by atoms with Crippen LogP contribution in [0.5, 0.6) is 0 Å². The molecule has 1 rings (SSSR count). The number of anilines is 1. The lowest BCUT2D eigenvalue weighted by Crippen LogP contribution is -2.37. The van der Waals surface area contributed by atoms with Crippen LogP contribution in [0.25, 0.3) is 0 Å². The van der Waals surface area contributed by atoms with Gasteiger partial charge in [0.05, 0.1) is 23.7 Å². The smallest absolute Gasteiger partial charge is 0.337 e. The van der Waals surface area contributed by atoms with Gasteiger partial charge in [-0.15, -0.1) is 0 Å². The number of nitrogens with two attached hydrogens (primary N) is 1. The predicted octanol–water partition coefficient (Wildman–Crippen LogP) is 0.125. The Kier molecular flexibility index (Phi) is 4.39. The molecule has 0 saturated carbocycles. The van der Waals surface area contributed by atoms with E-state index in [2.05, 4.69) is 5.32 Å². The zero-order valence-corrected chi connectivity index (χ0v) is 9.29. The summed E-state index contributed by atoms with van der Waals surface area (Å²) in [5.41, 5.74) is 5.34. The van der Waals surface area contributed by atoms with Gasteiger partial charge in [-0.25, -0.2) is 4.79 Å². The number of rotatable bonds is 5. The van der Waals surface area contributed by atoms with Crippen molar-refractivity contribution in [3.05, 3.63) is 29.8 Å². The van der Waals surface area contributed by atoms with Crippen molar-refractivity contribution < 1.29 is 24.6 Å². The van der Waals surface area contributed by atoms with Crippen molar-refractivity contribution in [3.8, 4) is 0 Å². The molecule has 7 heteroatoms. The lowest BCUT2D eigenvalue weighted by molar-refractivity contribution is -0.138. The van der Waals surface area contributed by atoms with E-state index in [1.54, 1.807) is 6.07 Å². The molecule has 0 aliphatic carbocycles. The van der Waals surface area contributed by atoms with Crippen molar-refractivity contribution in [1.82, 2.24) is 0 Å². The fourth-order valence-corrected chi connectivity index (χ4v) is 1.28. The third-order valence-electron chi connectivity index (χ3n) is 2.15. The molecule has 0 aliphatic heterocycles. The molecule has 1 aromatic rings. The molecule has 1 atom stereocenters. The normalized spacial score (nSPS) is 11.6. The van der Waals surface area contributed by atoms with Gasteiger partial charge >= 0.3 is 11.9 Å². The molecule has 0 aliphatic rings. The number of hydrogen-bond donors (Lipinski definition) is 4. The highest BCUT2D eigenvalue weighted by Crippen LogP contribution is 2.15. The van der Waals surface area contributed by atoms with Gasteiger partial charge in [-0.1, -0.05) is 12.1 Å². The highest BCUT2D eigenvalue weighted by molar-refractivity contribution is 6.02. The number of amides is 1. The number of para-hydroxylation sites is 1. The average molecular weight is 252 g/mol. The fourth-order valence-electron chi connectivity index (χ4n) is 1.28. The lowest BCUT2D eigenvalue weighted by atomic mass is 10.1. The molecule has 0 fully saturated rings. The first-order valence-electron chi connectivity index (χ1n) is 5.02. The van der Waals surface area contributed by atoms with E-state index in [0.717, 1.165) is 0 Å². The van der Waals surface area contributed by atoms with E-state index < -0.39 is 30.3 Å². The zero-order valence-electron chi connectivity index (χ0n) is 9.29. The summed E-state index contributed by atoms with van der Waals surface area (Å²) in [4.78, 5) is 32.8. The number of nitrogens with one attached hydrogen (secondary N) is 1. The molecule has 1 aromatic carbocycles. The Hall–Kier alpha value is -2.41. The molecule has 1 unspecified atom stereocenters. The van der Waals surface area contributed by atoms with Crippen LogP contribution >= 0.6 is 0 Å². The Morgan fingerprint density at radius 2 is 1.83 bits per heavy atom. The molecule has 0 spiro atoms. The SMILES string of the molecule is NC(CC(=O)O)C(=O)Nc1ccccc1C(=O)O. The van der Waals surface area contributed by atoms with Crippen molar-refractivity contribution in [2.24, 2.45) is 5.73 Å². The minimum absolute atomic E-state index is 0.0795. The minimum atomic E-state index is -1.23. The number of carbonyl (C=O) groups is 3. The molecule has 0 aromatic heterocycles. The summed E-state index contributed by atoms with van der Waals surface area (Å²) in [6.45, 7) is 0. The van der Waals surface area contributed by atoms with Crippen molar-refractivity contribution in [3.63, 3.8) is 0 Å². The average Bonchev–Trinajstić information content (AvgIpc) is 2.28. The summed E-state index contributed by atoms with van der Waals surface area (Å²) in [5.74, 6) is -3.15. The molecule has 7 nitrogen and oxygen atoms in total. The van der Waals surface area contributed by atoms with E-state index in [1.165, 1.54) is 18.2 Å². The zero-order chi connectivity index (χ0) is 13.7. The number of aromatic carboxylic acids is 1. The molecule has 1 amide bonds. The maximum absolute atomic E-state index is 11.5. The number of carboxylic acid groups (broad SMARTS) is 2. The summed E-state index contributed by atoms with van der Waals surface area (Å²) in [7, 11) is 0. The second kappa shape index (κ2) is 5.78. The maximum Gasteiger partial charge on any atom is 0.337 e. The van der Waals surface area contributed by atoms with Gasteiger partial charge in [0.2, 0.25) is 5.91 Å². The van der Waals surface area contributed by atoms with Crippen LogP contribution in [0, 0.1) is 0 Å². The highest BCUT2D eigenvalue weighted by atomic mass is 16.4. The van der Waals surface area contributed by atoms with Crippen LogP contribution in [0.3, 0.4) is 0 Å². The number of benzene rings is 1. The van der Waals surface area contributed by atoms with E-state index in [4.69, 9.17) is 15.9 Å². The summed E-state index contributed by atoms with van der Waals surface area (Å²) in [6.07, 6.45) is -0.527. The molecule has 0 radical (unpaired) electrons. The molecule has 18 heavy (non-hydrogen) atoms. The Morgan fingerprint density at radius 3 is 2.39 bits per heavy atom. The van der Waals surface area contributed by atoms with E-state index in [-0.39, 0.29) is 11.3 Å². The molecule has 5 N–H and O–H groups in total. The van der Waals surface area contributed by atoms with Crippen LogP contribution in [-0.4, -0.2) is 34.1 Å². The van der Waals surface area contributed by atoms with Crippen LogP contribution in [-0.2, 0) is 9.59 Å². The molecular formula is C11H12N2O5. The van der Waals surface area contributed by atoms with Crippen molar-refractivity contribution >= 4 is 23.5 Å². The lowest BCUT2D eigenvalue weighted by Gasteiger charge is -2.11. The Labute approximate surface area is 102 Å². The van der Waals surface area contributed by atoms with Gasteiger partial charge in [0, 0.05) is 0 Å². The van der Waals surface area contributed by atoms with E-state index in [0.29, 0.717) is 0 Å². The quantitative estimate of drug-likeness (QED) is 0.589. The summed E-state index contributed by atoms with van der Waals surface area (Å²) >= 11 is 0. The van der Waals surface area contributed by atoms with E-state index in [1.807, 2.05) is 0 Å². The Morgan fingerprint density at radius 1 is 1.22 bits per heavy atom. The van der Waals surface area contributed by atoms with Crippen LogP contribution < -0.4 is 11.1 Å².